The normalized spacial score (nSPS) is 12.1. The van der Waals surface area contributed by atoms with Crippen molar-refractivity contribution in [3.63, 3.8) is 0 Å². The second-order valence-electron chi connectivity index (χ2n) is 7.18. The molecule has 0 amide bonds. The van der Waals surface area contributed by atoms with Crippen LogP contribution in [-0.2, 0) is 11.8 Å². The average molecular weight is 375 g/mol. The molecule has 0 spiro atoms. The molecule has 142 valence electrons. The summed E-state index contributed by atoms with van der Waals surface area (Å²) in [4.78, 5) is 11.2. The third-order valence-electron chi connectivity index (χ3n) is 3.95. The van der Waals surface area contributed by atoms with Crippen LogP contribution < -0.4 is 10.1 Å². The van der Waals surface area contributed by atoms with Crippen molar-refractivity contribution in [2.45, 2.75) is 32.6 Å². The summed E-state index contributed by atoms with van der Waals surface area (Å²) < 4.78 is 5.75. The zero-order valence-corrected chi connectivity index (χ0v) is 17.3. The first-order valence-corrected chi connectivity index (χ1v) is 9.82. The second-order valence-corrected chi connectivity index (χ2v) is 8.13. The summed E-state index contributed by atoms with van der Waals surface area (Å²) in [5, 5.41) is 6.73. The van der Waals surface area contributed by atoms with E-state index in [4.69, 9.17) is 9.72 Å². The largest absolute Gasteiger partial charge is 0.492 e. The van der Waals surface area contributed by atoms with Gasteiger partial charge in [0.1, 0.15) is 12.4 Å². The van der Waals surface area contributed by atoms with Crippen molar-refractivity contribution in [3.8, 4) is 5.75 Å². The van der Waals surface area contributed by atoms with Gasteiger partial charge in [-0.15, -0.1) is 11.3 Å². The number of likely N-dealkylation sites (N-methyl/N-ethyl adjacent to an activating group) is 1. The van der Waals surface area contributed by atoms with Crippen molar-refractivity contribution in [1.29, 1.82) is 0 Å². The smallest absolute Gasteiger partial charge is 0.193 e. The summed E-state index contributed by atoms with van der Waals surface area (Å²) in [7, 11) is 3.82. The summed E-state index contributed by atoms with van der Waals surface area (Å²) in [6.45, 7) is 8.77. The van der Waals surface area contributed by atoms with Crippen molar-refractivity contribution >= 4 is 17.3 Å². The number of aliphatic imine (C=N–C) groups is 1. The van der Waals surface area contributed by atoms with E-state index in [9.17, 15) is 0 Å². The molecule has 0 bridgehead atoms. The van der Waals surface area contributed by atoms with Crippen molar-refractivity contribution in [3.05, 3.63) is 46.4 Å². The third kappa shape index (κ3) is 6.33. The fourth-order valence-corrected chi connectivity index (χ4v) is 3.38. The SMILES string of the molecule is CN=C(NCCc1nc(C(C)(C)C)cs1)N(C)CCOc1ccccc1. The number of benzene rings is 1. The highest BCUT2D eigenvalue weighted by molar-refractivity contribution is 7.09. The summed E-state index contributed by atoms with van der Waals surface area (Å²) in [5.41, 5.74) is 1.27. The molecule has 1 N–H and O–H groups in total. The Kier molecular flexibility index (Phi) is 7.45. The van der Waals surface area contributed by atoms with E-state index in [1.165, 1.54) is 0 Å². The zero-order chi connectivity index (χ0) is 19.0. The molecule has 0 saturated heterocycles. The van der Waals surface area contributed by atoms with Crippen LogP contribution in [0.25, 0.3) is 0 Å². The molecule has 0 atom stereocenters. The van der Waals surface area contributed by atoms with Gasteiger partial charge in [-0.1, -0.05) is 39.0 Å². The number of hydrogen-bond donors (Lipinski definition) is 1. The van der Waals surface area contributed by atoms with Crippen LogP contribution in [0.3, 0.4) is 0 Å². The third-order valence-corrected chi connectivity index (χ3v) is 4.86. The van der Waals surface area contributed by atoms with Gasteiger partial charge >= 0.3 is 0 Å². The van der Waals surface area contributed by atoms with Crippen LogP contribution in [0.2, 0.25) is 0 Å². The van der Waals surface area contributed by atoms with E-state index in [1.54, 1.807) is 18.4 Å². The molecule has 2 aromatic rings. The number of aromatic nitrogens is 1. The minimum atomic E-state index is 0.108. The lowest BCUT2D eigenvalue weighted by molar-refractivity contribution is 0.281. The Labute approximate surface area is 161 Å². The van der Waals surface area contributed by atoms with Crippen molar-refractivity contribution < 1.29 is 4.74 Å². The first-order valence-electron chi connectivity index (χ1n) is 8.94. The number of guanidine groups is 1. The van der Waals surface area contributed by atoms with Gasteiger partial charge in [0, 0.05) is 37.9 Å². The van der Waals surface area contributed by atoms with E-state index in [1.807, 2.05) is 37.4 Å². The second kappa shape index (κ2) is 9.57. The van der Waals surface area contributed by atoms with Crippen LogP contribution >= 0.6 is 11.3 Å². The molecule has 0 saturated carbocycles. The Morgan fingerprint density at radius 3 is 2.62 bits per heavy atom. The lowest BCUT2D eigenvalue weighted by Crippen LogP contribution is -2.41. The van der Waals surface area contributed by atoms with Crippen LogP contribution in [0.15, 0.2) is 40.7 Å². The maximum atomic E-state index is 5.75. The van der Waals surface area contributed by atoms with Crippen LogP contribution in [0.5, 0.6) is 5.75 Å². The number of nitrogens with zero attached hydrogens (tertiary/aromatic N) is 3. The molecule has 26 heavy (non-hydrogen) atoms. The number of hydrogen-bond acceptors (Lipinski definition) is 4. The highest BCUT2D eigenvalue weighted by Gasteiger charge is 2.17. The van der Waals surface area contributed by atoms with Gasteiger partial charge in [0.05, 0.1) is 17.2 Å². The molecule has 1 heterocycles. The first-order chi connectivity index (χ1) is 12.4. The van der Waals surface area contributed by atoms with Gasteiger partial charge in [0.2, 0.25) is 0 Å². The van der Waals surface area contributed by atoms with Crippen molar-refractivity contribution in [2.75, 3.05) is 33.8 Å². The predicted molar refractivity (Wildman–Crippen MR) is 110 cm³/mol. The molecule has 0 aliphatic heterocycles. The van der Waals surface area contributed by atoms with E-state index in [2.05, 4.69) is 41.4 Å². The van der Waals surface area contributed by atoms with Crippen LogP contribution in [-0.4, -0.2) is 49.6 Å². The summed E-state index contributed by atoms with van der Waals surface area (Å²) in [6, 6.07) is 9.87. The van der Waals surface area contributed by atoms with E-state index >= 15 is 0 Å². The van der Waals surface area contributed by atoms with E-state index in [-0.39, 0.29) is 5.41 Å². The molecule has 1 aromatic heterocycles. The van der Waals surface area contributed by atoms with Crippen molar-refractivity contribution in [2.24, 2.45) is 4.99 Å². The van der Waals surface area contributed by atoms with E-state index in [0.29, 0.717) is 6.61 Å². The van der Waals surface area contributed by atoms with Crippen LogP contribution in [0, 0.1) is 0 Å². The maximum absolute atomic E-state index is 5.75. The lowest BCUT2D eigenvalue weighted by atomic mass is 9.93. The van der Waals surface area contributed by atoms with Crippen molar-refractivity contribution in [1.82, 2.24) is 15.2 Å². The topological polar surface area (TPSA) is 49.8 Å². The zero-order valence-electron chi connectivity index (χ0n) is 16.5. The van der Waals surface area contributed by atoms with Gasteiger partial charge in [-0.2, -0.15) is 0 Å². The molecule has 0 aliphatic carbocycles. The molecular formula is C20H30N4OS. The standard InChI is InChI=1S/C20H30N4OS/c1-20(2,3)17-15-26-18(23-17)11-12-22-19(21-4)24(5)13-14-25-16-9-7-6-8-10-16/h6-10,15H,11-14H2,1-5H3,(H,21,22). The molecule has 1 aromatic carbocycles. The van der Waals surface area contributed by atoms with E-state index < -0.39 is 0 Å². The Hall–Kier alpha value is -2.08. The maximum Gasteiger partial charge on any atom is 0.193 e. The molecular weight excluding hydrogens is 344 g/mol. The Balaban J connectivity index is 1.73. The van der Waals surface area contributed by atoms with Crippen LogP contribution in [0.1, 0.15) is 31.5 Å². The average Bonchev–Trinajstić information content (AvgIpc) is 3.09. The fourth-order valence-electron chi connectivity index (χ4n) is 2.36. The molecule has 2 rings (SSSR count). The molecule has 0 radical (unpaired) electrons. The number of thiazole rings is 1. The van der Waals surface area contributed by atoms with Crippen LogP contribution in [0.4, 0.5) is 0 Å². The molecule has 0 unspecified atom stereocenters. The quantitative estimate of drug-likeness (QED) is 0.595. The number of ether oxygens (including phenoxy) is 1. The van der Waals surface area contributed by atoms with Gasteiger partial charge in [-0.05, 0) is 12.1 Å². The van der Waals surface area contributed by atoms with E-state index in [0.717, 1.165) is 41.9 Å². The minimum Gasteiger partial charge on any atom is -0.492 e. The Morgan fingerprint density at radius 1 is 1.27 bits per heavy atom. The number of para-hydroxylation sites is 1. The van der Waals surface area contributed by atoms with Gasteiger partial charge in [0.15, 0.2) is 5.96 Å². The highest BCUT2D eigenvalue weighted by Crippen LogP contribution is 2.23. The van der Waals surface area contributed by atoms with Gasteiger partial charge in [-0.3, -0.25) is 4.99 Å². The lowest BCUT2D eigenvalue weighted by Gasteiger charge is -2.22. The first kappa shape index (κ1) is 20.2. The minimum absolute atomic E-state index is 0.108. The number of nitrogens with one attached hydrogen (secondary N) is 1. The summed E-state index contributed by atoms with van der Waals surface area (Å²) in [5.74, 6) is 1.76. The molecule has 0 aliphatic rings. The predicted octanol–water partition coefficient (Wildman–Crippen LogP) is 3.57. The molecule has 6 heteroatoms. The molecule has 5 nitrogen and oxygen atoms in total. The van der Waals surface area contributed by atoms with Gasteiger partial charge < -0.3 is 15.0 Å². The Bertz CT molecular complexity index is 691. The highest BCUT2D eigenvalue weighted by atomic mass is 32.1. The molecule has 0 fully saturated rings. The van der Waals surface area contributed by atoms with Gasteiger partial charge in [-0.25, -0.2) is 4.98 Å². The van der Waals surface area contributed by atoms with Gasteiger partial charge in [0.25, 0.3) is 0 Å². The number of rotatable bonds is 7. The fraction of sp³-hybridized carbons (Fsp3) is 0.500. The Morgan fingerprint density at radius 2 is 2.00 bits per heavy atom. The summed E-state index contributed by atoms with van der Waals surface area (Å²) >= 11 is 1.73. The monoisotopic (exact) mass is 374 g/mol. The summed E-state index contributed by atoms with van der Waals surface area (Å²) in [6.07, 6.45) is 0.897.